The summed E-state index contributed by atoms with van der Waals surface area (Å²) in [6, 6.07) is 0. The van der Waals surface area contributed by atoms with Gasteiger partial charge in [-0.1, -0.05) is 0 Å². The van der Waals surface area contributed by atoms with Gasteiger partial charge in [-0.2, -0.15) is 0 Å². The molecule has 0 aliphatic carbocycles. The minimum atomic E-state index is 0.319. The molecule has 94 valence electrons. The summed E-state index contributed by atoms with van der Waals surface area (Å²) < 4.78 is 0. The largest absolute Gasteiger partial charge is 0.330 e. The van der Waals surface area contributed by atoms with Crippen molar-refractivity contribution in [3.63, 3.8) is 0 Å². The highest BCUT2D eigenvalue weighted by Crippen LogP contribution is 1.99. The normalized spacial score (nSPS) is 9.50. The van der Waals surface area contributed by atoms with Gasteiger partial charge in [-0.15, -0.1) is 0 Å². The van der Waals surface area contributed by atoms with Crippen LogP contribution in [0.1, 0.15) is 27.7 Å². The molecule has 0 unspecified atom stereocenters. The van der Waals surface area contributed by atoms with Crippen LogP contribution in [0.3, 0.4) is 0 Å². The Labute approximate surface area is 108 Å². The Morgan fingerprint density at radius 2 is 1.00 bits per heavy atom. The van der Waals surface area contributed by atoms with Crippen molar-refractivity contribution in [2.24, 2.45) is 0 Å². The van der Waals surface area contributed by atoms with Gasteiger partial charge in [-0.25, -0.2) is 0 Å². The van der Waals surface area contributed by atoms with Gasteiger partial charge in [0.1, 0.15) is 0 Å². The molecule has 0 atom stereocenters. The second-order valence-corrected chi connectivity index (χ2v) is 3.74. The van der Waals surface area contributed by atoms with Gasteiger partial charge in [0.15, 0.2) is 0 Å². The lowest BCUT2D eigenvalue weighted by Gasteiger charge is -2.23. The molecule has 0 fully saturated rings. The zero-order valence-corrected chi connectivity index (χ0v) is 12.0. The number of thiocarbonyl (C=S) groups is 2. The summed E-state index contributed by atoms with van der Waals surface area (Å²) in [7, 11) is 0. The van der Waals surface area contributed by atoms with E-state index in [2.05, 4.69) is 0 Å². The van der Waals surface area contributed by atoms with Crippen molar-refractivity contribution >= 4 is 34.8 Å². The van der Waals surface area contributed by atoms with E-state index < -0.39 is 0 Å². The van der Waals surface area contributed by atoms with Gasteiger partial charge in [0, 0.05) is 26.2 Å². The fourth-order valence-electron chi connectivity index (χ4n) is 1.14. The predicted molar refractivity (Wildman–Crippen MR) is 73.2 cm³/mol. The van der Waals surface area contributed by atoms with Gasteiger partial charge in [0.05, 0.1) is 0 Å². The van der Waals surface area contributed by atoms with Crippen LogP contribution in [0, 0.1) is 0 Å². The summed E-state index contributed by atoms with van der Waals surface area (Å²) in [6.45, 7) is 11.2. The maximum absolute atomic E-state index is 5.05. The maximum Gasteiger partial charge on any atom is 0.313 e. The summed E-state index contributed by atoms with van der Waals surface area (Å²) in [5.41, 5.74) is 0. The lowest BCUT2D eigenvalue weighted by molar-refractivity contribution is -0.149. The lowest BCUT2D eigenvalue weighted by atomic mass is 10.6. The Bertz CT molecular complexity index is 205. The number of hydrogen-bond acceptors (Lipinski definition) is 4. The SMILES string of the molecule is CCN(CC)C(=S)OOC(=S)N(CC)CC. The monoisotopic (exact) mass is 264 g/mol. The molecule has 0 aliphatic heterocycles. The van der Waals surface area contributed by atoms with Crippen LogP contribution in [-0.2, 0) is 9.78 Å². The molecule has 0 radical (unpaired) electrons. The molecule has 0 aliphatic rings. The fraction of sp³-hybridized carbons (Fsp3) is 0.800. The standard InChI is InChI=1S/C10H20N2O2S2/c1-5-11(6-2)9(15)13-14-10(16)12(7-3)8-4/h5-8H2,1-4H3. The average Bonchev–Trinajstić information content (AvgIpc) is 2.29. The second-order valence-electron chi connectivity index (χ2n) is 3.04. The maximum atomic E-state index is 5.05. The van der Waals surface area contributed by atoms with Crippen molar-refractivity contribution in [2.75, 3.05) is 26.2 Å². The Hall–Kier alpha value is -0.620. The van der Waals surface area contributed by atoms with Crippen molar-refractivity contribution in [3.05, 3.63) is 0 Å². The topological polar surface area (TPSA) is 24.9 Å². The van der Waals surface area contributed by atoms with Crippen LogP contribution < -0.4 is 0 Å². The van der Waals surface area contributed by atoms with Gasteiger partial charge < -0.3 is 9.80 Å². The van der Waals surface area contributed by atoms with Gasteiger partial charge in [0.2, 0.25) is 0 Å². The van der Waals surface area contributed by atoms with Crippen molar-refractivity contribution in [1.82, 2.24) is 9.80 Å². The van der Waals surface area contributed by atoms with E-state index >= 15 is 0 Å². The first-order chi connectivity index (χ1) is 7.60. The first-order valence-corrected chi connectivity index (χ1v) is 6.34. The Morgan fingerprint density at radius 3 is 1.19 bits per heavy atom. The molecule has 16 heavy (non-hydrogen) atoms. The van der Waals surface area contributed by atoms with Crippen molar-refractivity contribution in [3.8, 4) is 0 Å². The summed E-state index contributed by atoms with van der Waals surface area (Å²) in [5, 5.41) is 0.638. The van der Waals surface area contributed by atoms with Gasteiger partial charge in [0.25, 0.3) is 0 Å². The predicted octanol–water partition coefficient (Wildman–Crippen LogP) is 2.19. The number of rotatable bonds is 4. The molecule has 0 spiro atoms. The summed E-state index contributed by atoms with van der Waals surface area (Å²) in [6.07, 6.45) is 0. The summed E-state index contributed by atoms with van der Waals surface area (Å²) in [4.78, 5) is 13.8. The summed E-state index contributed by atoms with van der Waals surface area (Å²) in [5.74, 6) is 0. The van der Waals surface area contributed by atoms with E-state index in [9.17, 15) is 0 Å². The summed E-state index contributed by atoms with van der Waals surface area (Å²) >= 11 is 10.1. The Balaban J connectivity index is 4.04. The van der Waals surface area contributed by atoms with E-state index in [1.54, 1.807) is 0 Å². The molecule has 0 bridgehead atoms. The average molecular weight is 264 g/mol. The minimum Gasteiger partial charge on any atom is -0.330 e. The number of nitrogens with zero attached hydrogens (tertiary/aromatic N) is 2. The highest BCUT2D eigenvalue weighted by atomic mass is 32.1. The molecule has 0 aromatic rings. The van der Waals surface area contributed by atoms with Crippen LogP contribution in [0.25, 0.3) is 0 Å². The molecule has 0 heterocycles. The van der Waals surface area contributed by atoms with E-state index in [0.717, 1.165) is 26.2 Å². The zero-order valence-electron chi connectivity index (χ0n) is 10.4. The van der Waals surface area contributed by atoms with Gasteiger partial charge >= 0.3 is 10.3 Å². The minimum absolute atomic E-state index is 0.319. The third-order valence-corrected chi connectivity index (χ3v) is 2.88. The third kappa shape index (κ3) is 4.94. The Morgan fingerprint density at radius 1 is 0.750 bits per heavy atom. The fourth-order valence-corrected chi connectivity index (χ4v) is 1.72. The highest BCUT2D eigenvalue weighted by molar-refractivity contribution is 7.80. The van der Waals surface area contributed by atoms with E-state index in [4.69, 9.17) is 34.2 Å². The van der Waals surface area contributed by atoms with Crippen LogP contribution in [0.5, 0.6) is 0 Å². The molecule has 0 amide bonds. The van der Waals surface area contributed by atoms with Crippen LogP contribution >= 0.6 is 24.4 Å². The van der Waals surface area contributed by atoms with Gasteiger partial charge in [-0.05, 0) is 52.1 Å². The van der Waals surface area contributed by atoms with Crippen molar-refractivity contribution < 1.29 is 9.78 Å². The first kappa shape index (κ1) is 15.4. The van der Waals surface area contributed by atoms with E-state index in [1.807, 2.05) is 37.5 Å². The molecule has 0 aromatic carbocycles. The van der Waals surface area contributed by atoms with Crippen LogP contribution in [0.15, 0.2) is 0 Å². The smallest absolute Gasteiger partial charge is 0.313 e. The molecule has 0 rings (SSSR count). The molecule has 4 nitrogen and oxygen atoms in total. The number of hydrogen-bond donors (Lipinski definition) is 0. The van der Waals surface area contributed by atoms with Crippen molar-refractivity contribution in [1.29, 1.82) is 0 Å². The molecule has 0 saturated heterocycles. The zero-order chi connectivity index (χ0) is 12.6. The first-order valence-electron chi connectivity index (χ1n) is 5.52. The molecule has 6 heteroatoms. The van der Waals surface area contributed by atoms with Crippen LogP contribution in [0.2, 0.25) is 0 Å². The van der Waals surface area contributed by atoms with Crippen LogP contribution in [-0.4, -0.2) is 46.3 Å². The van der Waals surface area contributed by atoms with E-state index in [1.165, 1.54) is 0 Å². The van der Waals surface area contributed by atoms with E-state index in [0.29, 0.717) is 10.3 Å². The van der Waals surface area contributed by atoms with Crippen molar-refractivity contribution in [2.45, 2.75) is 27.7 Å². The van der Waals surface area contributed by atoms with E-state index in [-0.39, 0.29) is 0 Å². The second kappa shape index (κ2) is 8.52. The third-order valence-electron chi connectivity index (χ3n) is 2.23. The van der Waals surface area contributed by atoms with Crippen LogP contribution in [0.4, 0.5) is 0 Å². The molecule has 0 saturated carbocycles. The molecule has 0 N–H and O–H groups in total. The molecular formula is C10H20N2O2S2. The Kier molecular flexibility index (Phi) is 8.19. The lowest BCUT2D eigenvalue weighted by Crippen LogP contribution is -2.35. The van der Waals surface area contributed by atoms with Gasteiger partial charge in [-0.3, -0.25) is 9.78 Å². The quantitative estimate of drug-likeness (QED) is 0.438. The highest BCUT2D eigenvalue weighted by Gasteiger charge is 2.12. The molecule has 0 aromatic heterocycles. The molecular weight excluding hydrogens is 244 g/mol.